The highest BCUT2D eigenvalue weighted by atomic mass is 35.5. The van der Waals surface area contributed by atoms with E-state index >= 15 is 0 Å². The molecule has 0 unspecified atom stereocenters. The molecule has 1 aromatic carbocycles. The van der Waals surface area contributed by atoms with Crippen molar-refractivity contribution in [2.75, 3.05) is 0 Å². The summed E-state index contributed by atoms with van der Waals surface area (Å²) in [6.07, 6.45) is -4.10. The Morgan fingerprint density at radius 1 is 1.20 bits per heavy atom. The molecule has 0 radical (unpaired) electrons. The van der Waals surface area contributed by atoms with Crippen LogP contribution < -0.4 is 5.43 Å². The van der Waals surface area contributed by atoms with Gasteiger partial charge < -0.3 is 9.67 Å². The second-order valence-corrected chi connectivity index (χ2v) is 6.97. The maximum atomic E-state index is 12.8. The molecule has 2 aromatic heterocycles. The van der Waals surface area contributed by atoms with E-state index in [9.17, 15) is 27.9 Å². The van der Waals surface area contributed by atoms with Gasteiger partial charge in [0.05, 0.1) is 21.9 Å². The fraction of sp³-hybridized carbons (Fsp3) is 0.222. The van der Waals surface area contributed by atoms with Crippen molar-refractivity contribution in [2.45, 2.75) is 26.2 Å². The lowest BCUT2D eigenvalue weighted by molar-refractivity contribution is -0.141. The van der Waals surface area contributed by atoms with Crippen molar-refractivity contribution in [2.24, 2.45) is 0 Å². The summed E-state index contributed by atoms with van der Waals surface area (Å²) in [4.78, 5) is 25.1. The smallest absolute Gasteiger partial charge is 0.436 e. The van der Waals surface area contributed by atoms with Crippen LogP contribution in [-0.2, 0) is 19.3 Å². The zero-order chi connectivity index (χ0) is 22.2. The monoisotopic (exact) mass is 460 g/mol. The fourth-order valence-corrected chi connectivity index (χ4v) is 3.29. The zero-order valence-corrected chi connectivity index (χ0v) is 16.8. The Balaban J connectivity index is 2.21. The number of hydrogen-bond donors (Lipinski definition) is 1. The molecular formula is C18H13Cl2F3N4O3. The van der Waals surface area contributed by atoms with E-state index in [4.69, 9.17) is 23.2 Å². The second kappa shape index (κ2) is 8.11. The van der Waals surface area contributed by atoms with E-state index in [-0.39, 0.29) is 34.5 Å². The third-order valence-corrected chi connectivity index (χ3v) is 4.99. The number of carboxylic acid groups (broad SMARTS) is 1. The lowest BCUT2D eigenvalue weighted by atomic mass is 10.0. The van der Waals surface area contributed by atoms with Crippen molar-refractivity contribution in [3.63, 3.8) is 0 Å². The van der Waals surface area contributed by atoms with Crippen LogP contribution in [-0.4, -0.2) is 30.6 Å². The number of carbonyl (C=O) groups is 1. The Hall–Kier alpha value is -2.85. The summed E-state index contributed by atoms with van der Waals surface area (Å²) in [6, 6.07) is 5.41. The molecule has 0 aliphatic carbocycles. The quantitative estimate of drug-likeness (QED) is 0.616. The van der Waals surface area contributed by atoms with Crippen LogP contribution in [0.4, 0.5) is 13.2 Å². The normalized spacial score (nSPS) is 11.7. The molecule has 12 heteroatoms. The average Bonchev–Trinajstić information content (AvgIpc) is 3.12. The number of aromatic nitrogens is 4. The minimum atomic E-state index is -4.67. The van der Waals surface area contributed by atoms with Gasteiger partial charge in [-0.1, -0.05) is 29.3 Å². The van der Waals surface area contributed by atoms with Crippen LogP contribution in [0.25, 0.3) is 11.3 Å². The minimum absolute atomic E-state index is 0.0502. The number of carboxylic acids is 1. The topological polar surface area (TPSA) is 90.0 Å². The van der Waals surface area contributed by atoms with Gasteiger partial charge in [-0.05, 0) is 19.1 Å². The molecule has 2 heterocycles. The predicted octanol–water partition coefficient (Wildman–Crippen LogP) is 4.20. The number of pyridine rings is 1. The number of halogens is 5. The van der Waals surface area contributed by atoms with Gasteiger partial charge in [0, 0.05) is 23.9 Å². The largest absolute Gasteiger partial charge is 0.477 e. The van der Waals surface area contributed by atoms with Crippen LogP contribution in [0.1, 0.15) is 28.7 Å². The van der Waals surface area contributed by atoms with Crippen molar-refractivity contribution < 1.29 is 23.1 Å². The molecule has 0 fully saturated rings. The SMILES string of the molecule is CCn1c(Cn2ncc(C(F)(F)F)n2)cc(=O)c(C(=O)O)c1-c1ccc(Cl)c(Cl)c1. The molecule has 1 N–H and O–H groups in total. The number of alkyl halides is 3. The van der Waals surface area contributed by atoms with Gasteiger partial charge in [-0.2, -0.15) is 23.1 Å². The molecule has 30 heavy (non-hydrogen) atoms. The highest BCUT2D eigenvalue weighted by molar-refractivity contribution is 6.42. The Bertz CT molecular complexity index is 1190. The van der Waals surface area contributed by atoms with E-state index in [0.29, 0.717) is 11.8 Å². The van der Waals surface area contributed by atoms with Gasteiger partial charge in [-0.3, -0.25) is 4.79 Å². The first-order valence-electron chi connectivity index (χ1n) is 8.45. The number of rotatable bonds is 5. The molecular weight excluding hydrogens is 448 g/mol. The average molecular weight is 461 g/mol. The molecule has 0 saturated heterocycles. The first kappa shape index (κ1) is 21.8. The summed E-state index contributed by atoms with van der Waals surface area (Å²) < 4.78 is 39.9. The summed E-state index contributed by atoms with van der Waals surface area (Å²) in [5.74, 6) is -1.45. The highest BCUT2D eigenvalue weighted by Crippen LogP contribution is 2.31. The van der Waals surface area contributed by atoms with E-state index in [2.05, 4.69) is 10.2 Å². The van der Waals surface area contributed by atoms with Gasteiger partial charge in [0.15, 0.2) is 11.1 Å². The maximum absolute atomic E-state index is 12.8. The predicted molar refractivity (Wildman–Crippen MR) is 103 cm³/mol. The van der Waals surface area contributed by atoms with Gasteiger partial charge in [0.1, 0.15) is 12.1 Å². The molecule has 0 bridgehead atoms. The third-order valence-electron chi connectivity index (χ3n) is 4.25. The number of benzene rings is 1. The Labute approximate surface area is 177 Å². The molecule has 3 aromatic rings. The van der Waals surface area contributed by atoms with Gasteiger partial charge in [0.25, 0.3) is 0 Å². The Morgan fingerprint density at radius 3 is 2.43 bits per heavy atom. The van der Waals surface area contributed by atoms with E-state index in [1.54, 1.807) is 6.92 Å². The highest BCUT2D eigenvalue weighted by Gasteiger charge is 2.34. The number of nitrogens with zero attached hydrogens (tertiary/aromatic N) is 4. The van der Waals surface area contributed by atoms with E-state index in [0.717, 1.165) is 10.9 Å². The molecule has 7 nitrogen and oxygen atoms in total. The second-order valence-electron chi connectivity index (χ2n) is 6.16. The molecule has 0 aliphatic rings. The summed E-state index contributed by atoms with van der Waals surface area (Å²) in [5, 5.41) is 16.9. The molecule has 0 amide bonds. The van der Waals surface area contributed by atoms with Gasteiger partial charge in [-0.15, -0.1) is 5.10 Å². The van der Waals surface area contributed by atoms with Gasteiger partial charge >= 0.3 is 12.1 Å². The van der Waals surface area contributed by atoms with E-state index in [1.807, 2.05) is 0 Å². The maximum Gasteiger partial charge on any atom is 0.436 e. The van der Waals surface area contributed by atoms with E-state index in [1.165, 1.54) is 22.8 Å². The van der Waals surface area contributed by atoms with Crippen LogP contribution in [0.5, 0.6) is 0 Å². The summed E-state index contributed by atoms with van der Waals surface area (Å²) >= 11 is 12.0. The summed E-state index contributed by atoms with van der Waals surface area (Å²) in [7, 11) is 0. The van der Waals surface area contributed by atoms with Crippen LogP contribution in [0, 0.1) is 0 Å². The zero-order valence-electron chi connectivity index (χ0n) is 15.2. The van der Waals surface area contributed by atoms with Crippen molar-refractivity contribution in [3.05, 3.63) is 67.7 Å². The minimum Gasteiger partial charge on any atom is -0.477 e. The van der Waals surface area contributed by atoms with Crippen LogP contribution in [0.15, 0.2) is 35.3 Å². The molecule has 0 saturated carbocycles. The molecule has 0 aliphatic heterocycles. The molecule has 0 spiro atoms. The van der Waals surface area contributed by atoms with Gasteiger partial charge in [-0.25, -0.2) is 4.79 Å². The molecule has 158 valence electrons. The first-order valence-corrected chi connectivity index (χ1v) is 9.21. The Morgan fingerprint density at radius 2 is 1.90 bits per heavy atom. The third kappa shape index (κ3) is 4.19. The van der Waals surface area contributed by atoms with Crippen LogP contribution in [0.2, 0.25) is 10.0 Å². The van der Waals surface area contributed by atoms with Crippen molar-refractivity contribution in [1.82, 2.24) is 19.6 Å². The van der Waals surface area contributed by atoms with E-state index < -0.39 is 28.8 Å². The Kier molecular flexibility index (Phi) is 5.91. The van der Waals surface area contributed by atoms with Gasteiger partial charge in [0.2, 0.25) is 0 Å². The summed E-state index contributed by atoms with van der Waals surface area (Å²) in [5.41, 5.74) is -1.91. The first-order chi connectivity index (χ1) is 14.0. The molecule has 3 rings (SSSR count). The molecule has 0 atom stereocenters. The number of hydrogen-bond acceptors (Lipinski definition) is 4. The van der Waals surface area contributed by atoms with Crippen molar-refractivity contribution in [3.8, 4) is 11.3 Å². The fourth-order valence-electron chi connectivity index (χ4n) is 2.99. The summed E-state index contributed by atoms with van der Waals surface area (Å²) in [6.45, 7) is 1.62. The van der Waals surface area contributed by atoms with Crippen molar-refractivity contribution >= 4 is 29.2 Å². The number of aromatic carboxylic acids is 1. The van der Waals surface area contributed by atoms with Crippen LogP contribution in [0.3, 0.4) is 0 Å². The standard InChI is InChI=1S/C18H13Cl2F3N4O3/c1-2-26-10(8-27-24-7-14(25-27)18(21,22)23)6-13(28)15(17(29)30)16(26)9-3-4-11(19)12(20)5-9/h3-7H,2,8H2,1H3,(H,29,30). The van der Waals surface area contributed by atoms with Crippen molar-refractivity contribution in [1.29, 1.82) is 0 Å². The van der Waals surface area contributed by atoms with Crippen LogP contribution >= 0.6 is 23.2 Å². The lowest BCUT2D eigenvalue weighted by Crippen LogP contribution is -2.25. The lowest BCUT2D eigenvalue weighted by Gasteiger charge is -2.19.